The highest BCUT2D eigenvalue weighted by molar-refractivity contribution is 6.11. The molecule has 1 aliphatic heterocycles. The smallest absolute Gasteiger partial charge is 0.307 e. The molecule has 9 heteroatoms. The standard InChI is InChI=1S/C25H33N3O6/c1-4-28-20-13-12-17(26-27-19-10-8-7-9-11-21(19)29)14-18(20)25(24(28)32,15-22(30)33-5-2)16-23(31)34-6-3/h10,12-14,26-27H,4-9,11,15-16H2,1-3H3. The normalized spacial score (nSPS) is 16.9. The van der Waals surface area contributed by atoms with Gasteiger partial charge in [0, 0.05) is 18.7 Å². The van der Waals surface area contributed by atoms with Crippen molar-refractivity contribution in [3.63, 3.8) is 0 Å². The van der Waals surface area contributed by atoms with Gasteiger partial charge in [-0.25, -0.2) is 0 Å². The number of nitrogens with zero attached hydrogens (tertiary/aromatic N) is 1. The maximum atomic E-state index is 13.6. The van der Waals surface area contributed by atoms with E-state index in [2.05, 4.69) is 10.9 Å². The minimum absolute atomic E-state index is 0.0393. The minimum Gasteiger partial charge on any atom is -0.466 e. The average molecular weight is 472 g/mol. The Morgan fingerprint density at radius 1 is 1.00 bits per heavy atom. The zero-order valence-electron chi connectivity index (χ0n) is 20.1. The number of hydrogen-bond acceptors (Lipinski definition) is 8. The van der Waals surface area contributed by atoms with Crippen LogP contribution in [0.3, 0.4) is 0 Å². The van der Waals surface area contributed by atoms with Crippen LogP contribution in [0.2, 0.25) is 0 Å². The van der Waals surface area contributed by atoms with E-state index < -0.39 is 17.4 Å². The second-order valence-corrected chi connectivity index (χ2v) is 8.36. The third-order valence-corrected chi connectivity index (χ3v) is 6.12. The Bertz CT molecular complexity index is 967. The fraction of sp³-hybridized carbons (Fsp3) is 0.520. The number of nitrogens with one attached hydrogen (secondary N) is 2. The number of rotatable bonds is 10. The van der Waals surface area contributed by atoms with Crippen LogP contribution >= 0.6 is 0 Å². The zero-order valence-corrected chi connectivity index (χ0v) is 20.1. The lowest BCUT2D eigenvalue weighted by Crippen LogP contribution is -2.44. The molecular weight excluding hydrogens is 438 g/mol. The van der Waals surface area contributed by atoms with Gasteiger partial charge in [-0.05, 0) is 63.8 Å². The van der Waals surface area contributed by atoms with Gasteiger partial charge in [0.1, 0.15) is 0 Å². The highest BCUT2D eigenvalue weighted by Gasteiger charge is 2.53. The first-order valence-corrected chi connectivity index (χ1v) is 11.9. The molecule has 0 spiro atoms. The maximum Gasteiger partial charge on any atom is 0.307 e. The lowest BCUT2D eigenvalue weighted by Gasteiger charge is -2.27. The van der Waals surface area contributed by atoms with Crippen LogP contribution in [0.4, 0.5) is 11.4 Å². The number of fused-ring (bicyclic) bond motifs is 1. The summed E-state index contributed by atoms with van der Waals surface area (Å²) in [4.78, 5) is 52.6. The lowest BCUT2D eigenvalue weighted by molar-refractivity contribution is -0.151. The molecule has 0 aromatic heterocycles. The van der Waals surface area contributed by atoms with Gasteiger partial charge >= 0.3 is 11.9 Å². The number of hydrazine groups is 1. The molecule has 0 saturated carbocycles. The molecule has 0 bridgehead atoms. The van der Waals surface area contributed by atoms with E-state index in [1.165, 1.54) is 0 Å². The Kier molecular flexibility index (Phi) is 8.31. The van der Waals surface area contributed by atoms with Gasteiger partial charge in [-0.3, -0.25) is 24.6 Å². The first-order chi connectivity index (χ1) is 16.4. The third-order valence-electron chi connectivity index (χ3n) is 6.12. The monoisotopic (exact) mass is 471 g/mol. The van der Waals surface area contributed by atoms with Crippen molar-refractivity contribution in [2.75, 3.05) is 30.1 Å². The van der Waals surface area contributed by atoms with Gasteiger partial charge in [0.2, 0.25) is 5.91 Å². The molecule has 1 aliphatic carbocycles. The van der Waals surface area contributed by atoms with Crippen LogP contribution in [0.5, 0.6) is 0 Å². The number of anilines is 2. The summed E-state index contributed by atoms with van der Waals surface area (Å²) >= 11 is 0. The van der Waals surface area contributed by atoms with Crippen molar-refractivity contribution in [1.82, 2.24) is 5.43 Å². The van der Waals surface area contributed by atoms with Gasteiger partial charge < -0.3 is 19.8 Å². The predicted octanol–water partition coefficient (Wildman–Crippen LogP) is 3.14. The van der Waals surface area contributed by atoms with Crippen molar-refractivity contribution in [3.8, 4) is 0 Å². The summed E-state index contributed by atoms with van der Waals surface area (Å²) in [5.74, 6) is -1.42. The molecule has 0 radical (unpaired) electrons. The number of benzene rings is 1. The Morgan fingerprint density at radius 3 is 2.29 bits per heavy atom. The van der Waals surface area contributed by atoms with Crippen molar-refractivity contribution in [1.29, 1.82) is 0 Å². The van der Waals surface area contributed by atoms with Crippen LogP contribution in [-0.4, -0.2) is 43.4 Å². The minimum atomic E-state index is -1.43. The van der Waals surface area contributed by atoms with Crippen LogP contribution in [0, 0.1) is 0 Å². The fourth-order valence-corrected chi connectivity index (χ4v) is 4.54. The molecule has 1 aromatic rings. The number of allylic oxidation sites excluding steroid dienone is 2. The van der Waals surface area contributed by atoms with Crippen molar-refractivity contribution in [3.05, 3.63) is 35.5 Å². The van der Waals surface area contributed by atoms with E-state index in [0.717, 1.165) is 19.3 Å². The predicted molar refractivity (Wildman–Crippen MR) is 127 cm³/mol. The summed E-state index contributed by atoms with van der Waals surface area (Å²) in [6.07, 6.45) is 4.47. The van der Waals surface area contributed by atoms with Crippen molar-refractivity contribution < 1.29 is 28.7 Å². The fourth-order valence-electron chi connectivity index (χ4n) is 4.54. The van der Waals surface area contributed by atoms with E-state index in [1.54, 1.807) is 36.9 Å². The molecule has 0 atom stereocenters. The number of ketones is 1. The van der Waals surface area contributed by atoms with Gasteiger partial charge in [-0.2, -0.15) is 0 Å². The molecule has 34 heavy (non-hydrogen) atoms. The van der Waals surface area contributed by atoms with E-state index in [9.17, 15) is 19.2 Å². The molecule has 1 heterocycles. The number of hydrogen-bond donors (Lipinski definition) is 2. The first kappa shape index (κ1) is 25.3. The third kappa shape index (κ3) is 5.24. The highest BCUT2D eigenvalue weighted by Crippen LogP contribution is 2.47. The molecule has 184 valence electrons. The number of ether oxygens (including phenoxy) is 2. The first-order valence-electron chi connectivity index (χ1n) is 11.9. The van der Waals surface area contributed by atoms with Gasteiger partial charge in [0.25, 0.3) is 0 Å². The summed E-state index contributed by atoms with van der Waals surface area (Å²) in [5.41, 5.74) is 6.89. The Labute approximate surface area is 199 Å². The molecule has 3 rings (SSSR count). The highest BCUT2D eigenvalue weighted by atomic mass is 16.5. The lowest BCUT2D eigenvalue weighted by atomic mass is 9.75. The Balaban J connectivity index is 1.98. The molecule has 9 nitrogen and oxygen atoms in total. The maximum absolute atomic E-state index is 13.6. The SMILES string of the molecule is CCOC(=O)CC1(CC(=O)OCC)C(=O)N(CC)c2ccc(NNC3=CCCCCC3=O)cc21. The van der Waals surface area contributed by atoms with Crippen LogP contribution in [0.25, 0.3) is 0 Å². The number of likely N-dealkylation sites (N-methyl/N-ethyl adjacent to an activating group) is 1. The van der Waals surface area contributed by atoms with Crippen molar-refractivity contribution >= 4 is 35.0 Å². The molecule has 0 unspecified atom stereocenters. The topological polar surface area (TPSA) is 114 Å². The Morgan fingerprint density at radius 2 is 1.68 bits per heavy atom. The summed E-state index contributed by atoms with van der Waals surface area (Å²) in [6.45, 7) is 5.94. The number of Topliss-reactive ketones (excluding diaryl/α,β-unsaturated/α-hetero) is 1. The quantitative estimate of drug-likeness (QED) is 0.395. The molecule has 2 N–H and O–H groups in total. The summed E-state index contributed by atoms with van der Waals surface area (Å²) in [6, 6.07) is 5.31. The second-order valence-electron chi connectivity index (χ2n) is 8.36. The second kappa shape index (κ2) is 11.2. The van der Waals surface area contributed by atoms with Gasteiger partial charge in [0.15, 0.2) is 5.78 Å². The number of amides is 1. The van der Waals surface area contributed by atoms with Crippen LogP contribution < -0.4 is 15.8 Å². The van der Waals surface area contributed by atoms with Gasteiger partial charge in [-0.1, -0.05) is 6.08 Å². The molecule has 2 aliphatic rings. The largest absolute Gasteiger partial charge is 0.466 e. The van der Waals surface area contributed by atoms with E-state index in [4.69, 9.17) is 9.47 Å². The van der Waals surface area contributed by atoms with Gasteiger partial charge in [-0.15, -0.1) is 0 Å². The van der Waals surface area contributed by atoms with Crippen molar-refractivity contribution in [2.24, 2.45) is 0 Å². The summed E-state index contributed by atoms with van der Waals surface area (Å²) in [5, 5.41) is 0. The molecule has 1 aromatic carbocycles. The molecule has 1 amide bonds. The zero-order chi connectivity index (χ0) is 24.7. The average Bonchev–Trinajstić information content (AvgIpc) is 2.91. The van der Waals surface area contributed by atoms with E-state index in [0.29, 0.717) is 35.6 Å². The number of carbonyl (C=O) groups excluding carboxylic acids is 4. The van der Waals surface area contributed by atoms with E-state index >= 15 is 0 Å². The van der Waals surface area contributed by atoms with E-state index in [1.807, 2.05) is 13.0 Å². The number of esters is 2. The van der Waals surface area contributed by atoms with Crippen LogP contribution in [-0.2, 0) is 34.1 Å². The molecule has 0 saturated heterocycles. The Hall–Kier alpha value is -3.36. The van der Waals surface area contributed by atoms with E-state index in [-0.39, 0.29) is 37.7 Å². The summed E-state index contributed by atoms with van der Waals surface area (Å²) in [7, 11) is 0. The number of carbonyl (C=O) groups is 4. The van der Waals surface area contributed by atoms with Crippen LogP contribution in [0.1, 0.15) is 64.9 Å². The molecule has 0 fully saturated rings. The molecular formula is C25H33N3O6. The van der Waals surface area contributed by atoms with Crippen molar-refractivity contribution in [2.45, 2.75) is 64.7 Å². The van der Waals surface area contributed by atoms with Gasteiger partial charge in [0.05, 0.1) is 42.9 Å². The van der Waals surface area contributed by atoms with Crippen LogP contribution in [0.15, 0.2) is 30.0 Å². The summed E-state index contributed by atoms with van der Waals surface area (Å²) < 4.78 is 10.3.